The van der Waals surface area contributed by atoms with Gasteiger partial charge in [0.1, 0.15) is 11.5 Å². The molecule has 2 aromatic heterocycles. The number of aromatic nitrogens is 2. The number of carbonyl (C=O) groups excluding carboxylic acids is 1. The summed E-state index contributed by atoms with van der Waals surface area (Å²) in [4.78, 5) is 12.1. The number of amides is 2. The molecule has 142 valence electrons. The number of rotatable bonds is 5. The monoisotopic (exact) mass is 398 g/mol. The van der Waals surface area contributed by atoms with Crippen LogP contribution in [-0.2, 0) is 6.18 Å². The van der Waals surface area contributed by atoms with Gasteiger partial charge in [-0.05, 0) is 37.3 Å². The first-order chi connectivity index (χ1) is 12.9. The lowest BCUT2D eigenvalue weighted by Gasteiger charge is -2.12. The fourth-order valence-electron chi connectivity index (χ4n) is 2.16. The van der Waals surface area contributed by atoms with Gasteiger partial charge in [-0.15, -0.1) is 10.2 Å². The topological polar surface area (TPSA) is 89.3 Å². The predicted molar refractivity (Wildman–Crippen MR) is 92.9 cm³/mol. The number of hydrogen-bond acceptors (Lipinski definition) is 6. The molecule has 0 spiro atoms. The van der Waals surface area contributed by atoms with E-state index in [1.54, 1.807) is 30.3 Å². The molecule has 0 aliphatic carbocycles. The third-order valence-electron chi connectivity index (χ3n) is 3.22. The van der Waals surface area contributed by atoms with Gasteiger partial charge in [0, 0.05) is 5.56 Å². The summed E-state index contributed by atoms with van der Waals surface area (Å²) >= 11 is 0.232. The van der Waals surface area contributed by atoms with Crippen molar-refractivity contribution in [2.45, 2.75) is 13.1 Å². The second-order valence-electron chi connectivity index (χ2n) is 5.11. The molecule has 0 atom stereocenters. The van der Waals surface area contributed by atoms with Crippen molar-refractivity contribution in [2.75, 3.05) is 17.2 Å². The number of halogens is 3. The Morgan fingerprint density at radius 1 is 1.26 bits per heavy atom. The molecule has 7 nitrogen and oxygen atoms in total. The molecule has 27 heavy (non-hydrogen) atoms. The normalized spacial score (nSPS) is 11.3. The van der Waals surface area contributed by atoms with Crippen LogP contribution in [0.15, 0.2) is 41.0 Å². The first kappa shape index (κ1) is 18.7. The molecule has 0 fully saturated rings. The van der Waals surface area contributed by atoms with Crippen molar-refractivity contribution in [3.8, 4) is 17.1 Å². The fraction of sp³-hybridized carbons (Fsp3) is 0.188. The number of ether oxygens (including phenoxy) is 1. The fourth-order valence-corrected chi connectivity index (χ4v) is 2.77. The zero-order valence-corrected chi connectivity index (χ0v) is 14.6. The highest BCUT2D eigenvalue weighted by atomic mass is 32.1. The van der Waals surface area contributed by atoms with Crippen molar-refractivity contribution >= 4 is 28.2 Å². The van der Waals surface area contributed by atoms with Crippen LogP contribution in [0.5, 0.6) is 5.75 Å². The summed E-state index contributed by atoms with van der Waals surface area (Å²) in [6, 6.07) is 7.56. The van der Waals surface area contributed by atoms with Gasteiger partial charge in [-0.3, -0.25) is 5.32 Å². The Kier molecular flexibility index (Phi) is 5.31. The number of nitrogens with zero attached hydrogens (tertiary/aromatic N) is 2. The molecule has 1 aromatic carbocycles. The summed E-state index contributed by atoms with van der Waals surface area (Å²) in [5.41, 5.74) is 0.931. The van der Waals surface area contributed by atoms with Gasteiger partial charge in [0.05, 0.1) is 18.6 Å². The molecule has 2 N–H and O–H groups in total. The molecule has 3 rings (SSSR count). The minimum atomic E-state index is -4.62. The van der Waals surface area contributed by atoms with E-state index in [0.717, 1.165) is 0 Å². The summed E-state index contributed by atoms with van der Waals surface area (Å²) < 4.78 is 48.5. The molecule has 2 amide bonds. The van der Waals surface area contributed by atoms with Gasteiger partial charge in [-0.25, -0.2) is 4.79 Å². The van der Waals surface area contributed by atoms with Crippen LogP contribution in [-0.4, -0.2) is 22.8 Å². The number of benzene rings is 1. The average molecular weight is 398 g/mol. The molecular formula is C16H13F3N4O3S. The maximum atomic E-state index is 12.6. The summed E-state index contributed by atoms with van der Waals surface area (Å²) in [7, 11) is 0. The lowest BCUT2D eigenvalue weighted by molar-refractivity contribution is -0.138. The number of furan rings is 1. The maximum absolute atomic E-state index is 12.6. The molecule has 2 heterocycles. The Morgan fingerprint density at radius 3 is 2.70 bits per heavy atom. The average Bonchev–Trinajstić information content (AvgIpc) is 3.27. The quantitative estimate of drug-likeness (QED) is 0.641. The summed E-state index contributed by atoms with van der Waals surface area (Å²) in [6.07, 6.45) is -3.14. The van der Waals surface area contributed by atoms with Crippen LogP contribution >= 0.6 is 11.3 Å². The van der Waals surface area contributed by atoms with Gasteiger partial charge >= 0.3 is 12.2 Å². The Morgan fingerprint density at radius 2 is 2.07 bits per heavy atom. The minimum Gasteiger partial charge on any atom is -0.494 e. The van der Waals surface area contributed by atoms with E-state index in [-0.39, 0.29) is 16.5 Å². The second-order valence-corrected chi connectivity index (χ2v) is 6.08. The van der Waals surface area contributed by atoms with Crippen LogP contribution in [0.4, 0.5) is 28.8 Å². The van der Waals surface area contributed by atoms with E-state index in [2.05, 4.69) is 20.8 Å². The van der Waals surface area contributed by atoms with E-state index in [1.165, 1.54) is 6.26 Å². The maximum Gasteiger partial charge on any atom is 0.445 e. The number of hydrogen-bond donors (Lipinski definition) is 2. The van der Waals surface area contributed by atoms with Crippen LogP contribution in [0.1, 0.15) is 11.9 Å². The molecule has 3 aromatic rings. The number of carbonyl (C=O) groups is 1. The zero-order valence-electron chi connectivity index (χ0n) is 13.8. The SMILES string of the molecule is CCOc1ccc(NC(=O)Nc2nnc(C(F)(F)F)s2)c(-c2ccco2)c1. The molecular weight excluding hydrogens is 385 g/mol. The van der Waals surface area contributed by atoms with E-state index < -0.39 is 17.2 Å². The van der Waals surface area contributed by atoms with E-state index in [4.69, 9.17) is 9.15 Å². The smallest absolute Gasteiger partial charge is 0.445 e. The molecule has 0 aliphatic rings. The van der Waals surface area contributed by atoms with Crippen molar-refractivity contribution in [2.24, 2.45) is 0 Å². The van der Waals surface area contributed by atoms with Crippen LogP contribution in [0.2, 0.25) is 0 Å². The Bertz CT molecular complexity index is 925. The zero-order chi connectivity index (χ0) is 19.4. The summed E-state index contributed by atoms with van der Waals surface area (Å²) in [5.74, 6) is 1.07. The standard InChI is InChI=1S/C16H13F3N4O3S/c1-2-25-9-5-6-11(10(8-9)12-4-3-7-26-12)20-14(24)21-15-23-22-13(27-15)16(17,18)19/h3-8H,2H2,1H3,(H2,20,21,23,24). The van der Waals surface area contributed by atoms with Crippen molar-refractivity contribution in [3.05, 3.63) is 41.6 Å². The molecule has 0 saturated carbocycles. The van der Waals surface area contributed by atoms with Gasteiger partial charge in [0.25, 0.3) is 0 Å². The summed E-state index contributed by atoms with van der Waals surface area (Å²) in [6.45, 7) is 2.30. The number of alkyl halides is 3. The Hall–Kier alpha value is -3.08. The van der Waals surface area contributed by atoms with E-state index in [1.807, 2.05) is 6.92 Å². The Balaban J connectivity index is 1.78. The van der Waals surface area contributed by atoms with Gasteiger partial charge < -0.3 is 14.5 Å². The minimum absolute atomic E-state index is 0.232. The highest BCUT2D eigenvalue weighted by Gasteiger charge is 2.35. The number of nitrogens with one attached hydrogen (secondary N) is 2. The first-order valence-corrected chi connectivity index (χ1v) is 8.48. The molecule has 0 aliphatic heterocycles. The number of urea groups is 1. The van der Waals surface area contributed by atoms with E-state index in [0.29, 0.717) is 29.4 Å². The van der Waals surface area contributed by atoms with Crippen molar-refractivity contribution < 1.29 is 27.1 Å². The molecule has 0 bridgehead atoms. The van der Waals surface area contributed by atoms with Gasteiger partial charge in [0.2, 0.25) is 10.1 Å². The van der Waals surface area contributed by atoms with Crippen LogP contribution < -0.4 is 15.4 Å². The largest absolute Gasteiger partial charge is 0.494 e. The van der Waals surface area contributed by atoms with Gasteiger partial charge in [0.15, 0.2) is 0 Å². The first-order valence-electron chi connectivity index (χ1n) is 7.66. The van der Waals surface area contributed by atoms with Crippen molar-refractivity contribution in [3.63, 3.8) is 0 Å². The van der Waals surface area contributed by atoms with Crippen molar-refractivity contribution in [1.82, 2.24) is 10.2 Å². The lowest BCUT2D eigenvalue weighted by Crippen LogP contribution is -2.19. The van der Waals surface area contributed by atoms with E-state index >= 15 is 0 Å². The molecule has 0 saturated heterocycles. The Labute approximate surface area is 155 Å². The third kappa shape index (κ3) is 4.56. The van der Waals surface area contributed by atoms with Crippen LogP contribution in [0.3, 0.4) is 0 Å². The van der Waals surface area contributed by atoms with Gasteiger partial charge in [-0.2, -0.15) is 13.2 Å². The third-order valence-corrected chi connectivity index (χ3v) is 4.11. The summed E-state index contributed by atoms with van der Waals surface area (Å²) in [5, 5.41) is 9.69. The molecule has 0 unspecified atom stereocenters. The van der Waals surface area contributed by atoms with Crippen LogP contribution in [0.25, 0.3) is 11.3 Å². The highest BCUT2D eigenvalue weighted by Crippen LogP contribution is 2.34. The highest BCUT2D eigenvalue weighted by molar-refractivity contribution is 7.15. The second kappa shape index (κ2) is 7.66. The van der Waals surface area contributed by atoms with Crippen LogP contribution in [0, 0.1) is 0 Å². The lowest BCUT2D eigenvalue weighted by atomic mass is 10.1. The van der Waals surface area contributed by atoms with Crippen molar-refractivity contribution in [1.29, 1.82) is 0 Å². The predicted octanol–water partition coefficient (Wildman–Crippen LogP) is 4.86. The van der Waals surface area contributed by atoms with E-state index in [9.17, 15) is 18.0 Å². The molecule has 0 radical (unpaired) electrons. The number of anilines is 2. The molecule has 11 heteroatoms. The van der Waals surface area contributed by atoms with Gasteiger partial charge in [-0.1, -0.05) is 11.3 Å².